The van der Waals surface area contributed by atoms with Gasteiger partial charge >= 0.3 is 0 Å². The number of carbonyl (C=O) groups is 1. The lowest BCUT2D eigenvalue weighted by atomic mass is 10.0. The molecule has 16 heavy (non-hydrogen) atoms. The molecule has 1 atom stereocenters. The van der Waals surface area contributed by atoms with E-state index in [2.05, 4.69) is 38.3 Å². The average molecular weight is 224 g/mol. The first-order valence-electron chi connectivity index (χ1n) is 6.41. The molecule has 2 fully saturated rings. The third-order valence-electron chi connectivity index (χ3n) is 4.93. The van der Waals surface area contributed by atoms with Gasteiger partial charge in [0.15, 0.2) is 0 Å². The van der Waals surface area contributed by atoms with E-state index in [4.69, 9.17) is 0 Å². The second-order valence-electron chi connectivity index (χ2n) is 6.39. The average Bonchev–Trinajstić information content (AvgIpc) is 2.62. The number of rotatable bonds is 2. The first-order chi connectivity index (χ1) is 7.37. The molecular weight excluding hydrogens is 200 g/mol. The molecule has 0 aromatic heterocycles. The zero-order valence-corrected chi connectivity index (χ0v) is 10.9. The lowest BCUT2D eigenvalue weighted by Crippen LogP contribution is -2.48. The van der Waals surface area contributed by atoms with Crippen molar-refractivity contribution in [3.63, 3.8) is 0 Å². The fraction of sp³-hybridized carbons (Fsp3) is 0.923. The zero-order chi connectivity index (χ0) is 12.0. The molecule has 2 rings (SSSR count). The first kappa shape index (κ1) is 11.9. The first-order valence-corrected chi connectivity index (χ1v) is 6.41. The highest BCUT2D eigenvalue weighted by molar-refractivity contribution is 5.82. The fourth-order valence-corrected chi connectivity index (χ4v) is 2.88. The summed E-state index contributed by atoms with van der Waals surface area (Å²) >= 11 is 0. The van der Waals surface area contributed by atoms with Crippen LogP contribution >= 0.6 is 0 Å². The van der Waals surface area contributed by atoms with Crippen molar-refractivity contribution in [3.05, 3.63) is 0 Å². The Morgan fingerprint density at radius 1 is 1.19 bits per heavy atom. The van der Waals surface area contributed by atoms with Gasteiger partial charge in [0.2, 0.25) is 5.91 Å². The molecule has 92 valence electrons. The summed E-state index contributed by atoms with van der Waals surface area (Å²) in [6, 6.07) is 0.372. The Morgan fingerprint density at radius 2 is 1.81 bits per heavy atom. The second-order valence-corrected chi connectivity index (χ2v) is 6.39. The molecule has 1 saturated carbocycles. The normalized spacial score (nSPS) is 32.1. The van der Waals surface area contributed by atoms with Crippen LogP contribution < -0.4 is 10.6 Å². The van der Waals surface area contributed by atoms with E-state index in [-0.39, 0.29) is 22.8 Å². The Balaban J connectivity index is 1.89. The van der Waals surface area contributed by atoms with E-state index < -0.39 is 0 Å². The van der Waals surface area contributed by atoms with Crippen molar-refractivity contribution in [2.24, 2.45) is 10.8 Å². The van der Waals surface area contributed by atoms with Crippen molar-refractivity contribution in [1.29, 1.82) is 0 Å². The molecule has 0 radical (unpaired) electrons. The quantitative estimate of drug-likeness (QED) is 0.749. The monoisotopic (exact) mass is 224 g/mol. The molecule has 0 aromatic carbocycles. The van der Waals surface area contributed by atoms with Crippen molar-refractivity contribution < 1.29 is 4.79 Å². The number of amides is 1. The van der Waals surface area contributed by atoms with Crippen LogP contribution in [-0.2, 0) is 4.79 Å². The van der Waals surface area contributed by atoms with Gasteiger partial charge in [-0.15, -0.1) is 0 Å². The van der Waals surface area contributed by atoms with E-state index in [0.717, 1.165) is 13.0 Å². The minimum atomic E-state index is 0.0425. The fourth-order valence-electron chi connectivity index (χ4n) is 2.88. The highest BCUT2D eigenvalue weighted by atomic mass is 16.2. The van der Waals surface area contributed by atoms with Crippen molar-refractivity contribution >= 4 is 5.91 Å². The van der Waals surface area contributed by atoms with Crippen molar-refractivity contribution in [1.82, 2.24) is 10.6 Å². The summed E-state index contributed by atoms with van der Waals surface area (Å²) in [5.41, 5.74) is 0.467. The van der Waals surface area contributed by atoms with E-state index in [1.165, 1.54) is 12.8 Å². The van der Waals surface area contributed by atoms with E-state index >= 15 is 0 Å². The van der Waals surface area contributed by atoms with Gasteiger partial charge in [0.05, 0.1) is 6.04 Å². The Hall–Kier alpha value is -0.570. The summed E-state index contributed by atoms with van der Waals surface area (Å²) < 4.78 is 0. The summed E-state index contributed by atoms with van der Waals surface area (Å²) in [5.74, 6) is 0.198. The van der Waals surface area contributed by atoms with E-state index in [1.807, 2.05) is 0 Å². The van der Waals surface area contributed by atoms with Crippen LogP contribution in [0.5, 0.6) is 0 Å². The summed E-state index contributed by atoms with van der Waals surface area (Å²) in [6.45, 7) is 9.90. The molecule has 1 aliphatic carbocycles. The van der Waals surface area contributed by atoms with Gasteiger partial charge in [0.25, 0.3) is 0 Å². The van der Waals surface area contributed by atoms with Crippen molar-refractivity contribution in [2.45, 2.75) is 59.0 Å². The number of nitrogens with one attached hydrogen (secondary N) is 2. The molecule has 0 spiro atoms. The third-order valence-corrected chi connectivity index (χ3v) is 4.93. The van der Waals surface area contributed by atoms with Crippen LogP contribution in [0.3, 0.4) is 0 Å². The van der Waals surface area contributed by atoms with Crippen LogP contribution in [0.25, 0.3) is 0 Å². The zero-order valence-electron chi connectivity index (χ0n) is 10.9. The van der Waals surface area contributed by atoms with E-state index in [0.29, 0.717) is 6.04 Å². The van der Waals surface area contributed by atoms with Crippen LogP contribution in [0, 0.1) is 10.8 Å². The molecule has 0 aromatic rings. The number of piperidine rings is 1. The highest BCUT2D eigenvalue weighted by Gasteiger charge is 2.65. The van der Waals surface area contributed by atoms with Crippen LogP contribution in [0.4, 0.5) is 0 Å². The van der Waals surface area contributed by atoms with E-state index in [9.17, 15) is 4.79 Å². The van der Waals surface area contributed by atoms with Gasteiger partial charge in [-0.25, -0.2) is 0 Å². The van der Waals surface area contributed by atoms with Crippen LogP contribution in [0.1, 0.15) is 47.0 Å². The molecular formula is C13H24N2O. The molecule has 1 saturated heterocycles. The molecule has 3 nitrogen and oxygen atoms in total. The third kappa shape index (κ3) is 1.75. The molecule has 1 aliphatic heterocycles. The Kier molecular flexibility index (Phi) is 2.77. The Labute approximate surface area is 98.4 Å². The maximum atomic E-state index is 12.1. The smallest absolute Gasteiger partial charge is 0.237 e. The van der Waals surface area contributed by atoms with Gasteiger partial charge in [-0.2, -0.15) is 0 Å². The molecule has 3 heteroatoms. The number of carbonyl (C=O) groups excluding carboxylic acids is 1. The molecule has 2 N–H and O–H groups in total. The predicted molar refractivity (Wildman–Crippen MR) is 65.1 cm³/mol. The standard InChI is InChI=1S/C13H24N2O/c1-12(2)11(13(12,3)4)15-10(16)9-7-5-6-8-14-9/h9,11,14H,5-8H2,1-4H3,(H,15,16). The van der Waals surface area contributed by atoms with Gasteiger partial charge in [-0.05, 0) is 30.2 Å². The minimum Gasteiger partial charge on any atom is -0.351 e. The summed E-state index contributed by atoms with van der Waals surface area (Å²) in [4.78, 5) is 12.1. The molecule has 1 amide bonds. The van der Waals surface area contributed by atoms with Crippen LogP contribution in [0.15, 0.2) is 0 Å². The largest absolute Gasteiger partial charge is 0.351 e. The van der Waals surface area contributed by atoms with Crippen LogP contribution in [-0.4, -0.2) is 24.5 Å². The van der Waals surface area contributed by atoms with Crippen LogP contribution in [0.2, 0.25) is 0 Å². The van der Waals surface area contributed by atoms with Gasteiger partial charge < -0.3 is 10.6 Å². The van der Waals surface area contributed by atoms with Gasteiger partial charge in [0.1, 0.15) is 0 Å². The topological polar surface area (TPSA) is 41.1 Å². The summed E-state index contributed by atoms with van der Waals surface area (Å²) in [7, 11) is 0. The van der Waals surface area contributed by atoms with Crippen molar-refractivity contribution in [2.75, 3.05) is 6.54 Å². The Morgan fingerprint density at radius 3 is 2.25 bits per heavy atom. The molecule has 2 aliphatic rings. The Bertz CT molecular complexity index is 276. The minimum absolute atomic E-state index is 0.0425. The number of hydrogen-bond donors (Lipinski definition) is 2. The lowest BCUT2D eigenvalue weighted by molar-refractivity contribution is -0.124. The maximum absolute atomic E-state index is 12.1. The van der Waals surface area contributed by atoms with E-state index in [1.54, 1.807) is 0 Å². The molecule has 1 heterocycles. The van der Waals surface area contributed by atoms with Gasteiger partial charge in [-0.3, -0.25) is 4.79 Å². The highest BCUT2D eigenvalue weighted by Crippen LogP contribution is 2.62. The lowest BCUT2D eigenvalue weighted by Gasteiger charge is -2.23. The van der Waals surface area contributed by atoms with Crippen molar-refractivity contribution in [3.8, 4) is 0 Å². The molecule has 0 bridgehead atoms. The SMILES string of the molecule is CC1(C)C(NC(=O)C2CCCCN2)C1(C)C. The predicted octanol–water partition coefficient (Wildman–Crippen LogP) is 1.68. The van der Waals surface area contributed by atoms with Gasteiger partial charge in [-0.1, -0.05) is 34.1 Å². The summed E-state index contributed by atoms with van der Waals surface area (Å²) in [5, 5.41) is 6.50. The summed E-state index contributed by atoms with van der Waals surface area (Å²) in [6.07, 6.45) is 3.35. The maximum Gasteiger partial charge on any atom is 0.237 e. The van der Waals surface area contributed by atoms with Gasteiger partial charge in [0, 0.05) is 6.04 Å². The molecule has 1 unspecified atom stereocenters. The second kappa shape index (κ2) is 3.73. The number of hydrogen-bond acceptors (Lipinski definition) is 2.